The second-order valence-corrected chi connectivity index (χ2v) is 10.4. The van der Waals surface area contributed by atoms with E-state index in [2.05, 4.69) is 40.7 Å². The Balaban J connectivity index is 1.47. The summed E-state index contributed by atoms with van der Waals surface area (Å²) < 4.78 is 24.9. The minimum atomic E-state index is -0.353. The zero-order valence-corrected chi connectivity index (χ0v) is 17.4. The first-order valence-corrected chi connectivity index (χ1v) is 10.9. The molecule has 0 aromatic heterocycles. The molecule has 5 nitrogen and oxygen atoms in total. The molecule has 2 saturated heterocycles. The van der Waals surface area contributed by atoms with E-state index in [4.69, 9.17) is 18.9 Å². The molecule has 1 saturated carbocycles. The first-order chi connectivity index (χ1) is 13.2. The number of epoxide rings is 2. The number of hydrogen-bond acceptors (Lipinski definition) is 5. The number of rotatable bonds is 3. The average molecular weight is 386 g/mol. The lowest BCUT2D eigenvalue weighted by Crippen LogP contribution is -2.59. The summed E-state index contributed by atoms with van der Waals surface area (Å²) in [5, 5.41) is 0. The summed E-state index contributed by atoms with van der Waals surface area (Å²) in [5.74, 6) is 0.582. The summed E-state index contributed by atoms with van der Waals surface area (Å²) in [7, 11) is 0. The van der Waals surface area contributed by atoms with E-state index in [-0.39, 0.29) is 47.0 Å². The highest BCUT2D eigenvalue weighted by molar-refractivity contribution is 5.92. The first-order valence-electron chi connectivity index (χ1n) is 10.9. The van der Waals surface area contributed by atoms with Gasteiger partial charge in [-0.15, -0.1) is 0 Å². The van der Waals surface area contributed by atoms with Crippen molar-refractivity contribution in [3.05, 3.63) is 22.8 Å². The summed E-state index contributed by atoms with van der Waals surface area (Å²) in [6, 6.07) is 0. The molecule has 6 rings (SSSR count). The topological polar surface area (TPSA) is 60.6 Å². The molecule has 0 bridgehead atoms. The number of ether oxygens (including phenoxy) is 4. The van der Waals surface area contributed by atoms with Gasteiger partial charge >= 0.3 is 5.97 Å². The Kier molecular flexibility index (Phi) is 3.22. The van der Waals surface area contributed by atoms with E-state index in [1.165, 1.54) is 11.1 Å². The lowest BCUT2D eigenvalue weighted by molar-refractivity contribution is -0.136. The number of hydrogen-bond donors (Lipinski definition) is 0. The van der Waals surface area contributed by atoms with Crippen LogP contribution in [0.1, 0.15) is 53.9 Å². The maximum absolute atomic E-state index is 12.1. The molecule has 0 N–H and O–H groups in total. The fourth-order valence-electron chi connectivity index (χ4n) is 7.00. The van der Waals surface area contributed by atoms with E-state index in [1.54, 1.807) is 0 Å². The van der Waals surface area contributed by atoms with Gasteiger partial charge in [-0.05, 0) is 61.5 Å². The van der Waals surface area contributed by atoms with Gasteiger partial charge in [-0.25, -0.2) is 4.79 Å². The molecule has 3 heterocycles. The molecule has 7 unspecified atom stereocenters. The average Bonchev–Trinajstić information content (AvgIpc) is 3.50. The van der Waals surface area contributed by atoms with E-state index in [0.717, 1.165) is 24.8 Å². The third-order valence-corrected chi connectivity index (χ3v) is 8.47. The molecule has 1 spiro atoms. The smallest absolute Gasteiger partial charge is 0.334 e. The van der Waals surface area contributed by atoms with Gasteiger partial charge < -0.3 is 18.9 Å². The van der Waals surface area contributed by atoms with Gasteiger partial charge in [-0.2, -0.15) is 0 Å². The summed E-state index contributed by atoms with van der Waals surface area (Å²) in [4.78, 5) is 12.1. The predicted octanol–water partition coefficient (Wildman–Crippen LogP) is 3.32. The van der Waals surface area contributed by atoms with Gasteiger partial charge in [-0.3, -0.25) is 0 Å². The van der Waals surface area contributed by atoms with Crippen LogP contribution in [0, 0.1) is 17.3 Å². The number of carbonyl (C=O) groups is 1. The summed E-state index contributed by atoms with van der Waals surface area (Å²) >= 11 is 0. The van der Waals surface area contributed by atoms with Crippen molar-refractivity contribution in [3.63, 3.8) is 0 Å². The van der Waals surface area contributed by atoms with Crippen molar-refractivity contribution in [2.75, 3.05) is 6.61 Å². The Morgan fingerprint density at radius 2 is 2.00 bits per heavy atom. The summed E-state index contributed by atoms with van der Waals surface area (Å²) in [6.45, 7) is 11.5. The van der Waals surface area contributed by atoms with Gasteiger partial charge in [0.05, 0.1) is 12.2 Å². The normalized spacial score (nSPS) is 50.4. The minimum absolute atomic E-state index is 0.0203. The highest BCUT2D eigenvalue weighted by atomic mass is 16.7. The van der Waals surface area contributed by atoms with Crippen molar-refractivity contribution >= 4 is 5.97 Å². The molecule has 0 aromatic carbocycles. The van der Waals surface area contributed by atoms with Gasteiger partial charge in [-0.1, -0.05) is 26.8 Å². The fourth-order valence-corrected chi connectivity index (χ4v) is 7.00. The Morgan fingerprint density at radius 3 is 2.71 bits per heavy atom. The van der Waals surface area contributed by atoms with E-state index < -0.39 is 0 Å². The lowest BCUT2D eigenvalue weighted by atomic mass is 9.51. The van der Waals surface area contributed by atoms with Gasteiger partial charge in [0.15, 0.2) is 0 Å². The number of fused-ring (bicyclic) bond motifs is 4. The van der Waals surface area contributed by atoms with Crippen molar-refractivity contribution in [1.82, 2.24) is 0 Å². The van der Waals surface area contributed by atoms with Gasteiger partial charge in [0.2, 0.25) is 0 Å². The minimum Gasteiger partial charge on any atom is -0.458 e. The summed E-state index contributed by atoms with van der Waals surface area (Å²) in [5.41, 5.74) is 2.89. The van der Waals surface area contributed by atoms with Crippen LogP contribution in [0.5, 0.6) is 0 Å². The zero-order valence-electron chi connectivity index (χ0n) is 17.4. The van der Waals surface area contributed by atoms with Crippen molar-refractivity contribution in [1.29, 1.82) is 0 Å². The molecule has 3 aliphatic heterocycles. The highest BCUT2D eigenvalue weighted by Crippen LogP contribution is 2.72. The second-order valence-electron chi connectivity index (χ2n) is 10.4. The van der Waals surface area contributed by atoms with Crippen LogP contribution in [0.2, 0.25) is 0 Å². The number of esters is 1. The Bertz CT molecular complexity index is 840. The molecule has 3 fully saturated rings. The zero-order chi connectivity index (χ0) is 19.6. The Morgan fingerprint density at radius 1 is 1.21 bits per heavy atom. The van der Waals surface area contributed by atoms with Gasteiger partial charge in [0, 0.05) is 5.57 Å². The van der Waals surface area contributed by atoms with Crippen LogP contribution in [0.3, 0.4) is 0 Å². The molecular formula is C23H30O5. The number of carbonyl (C=O) groups excluding carboxylic acids is 1. The van der Waals surface area contributed by atoms with Gasteiger partial charge in [0.1, 0.15) is 30.0 Å². The molecular weight excluding hydrogens is 356 g/mol. The third kappa shape index (κ3) is 1.83. The van der Waals surface area contributed by atoms with Crippen LogP contribution < -0.4 is 0 Å². The highest BCUT2D eigenvalue weighted by Gasteiger charge is 2.83. The molecule has 3 aliphatic carbocycles. The second kappa shape index (κ2) is 5.11. The van der Waals surface area contributed by atoms with Crippen molar-refractivity contribution in [3.8, 4) is 0 Å². The van der Waals surface area contributed by atoms with Crippen LogP contribution in [0.25, 0.3) is 0 Å². The van der Waals surface area contributed by atoms with Gasteiger partial charge in [0.25, 0.3) is 0 Å². The van der Waals surface area contributed by atoms with Crippen molar-refractivity contribution < 1.29 is 23.7 Å². The SMILES string of the molecule is CC(C)OC1C23OC2CC2C4=C(CCC2(C)C3=CC2OC21C(C)C)C(=O)OC4. The van der Waals surface area contributed by atoms with E-state index in [9.17, 15) is 4.79 Å². The van der Waals surface area contributed by atoms with Crippen LogP contribution >= 0.6 is 0 Å². The first kappa shape index (κ1) is 17.7. The van der Waals surface area contributed by atoms with E-state index in [0.29, 0.717) is 18.4 Å². The molecule has 0 aromatic rings. The van der Waals surface area contributed by atoms with E-state index >= 15 is 0 Å². The fraction of sp³-hybridized carbons (Fsp3) is 0.783. The molecule has 0 radical (unpaired) electrons. The lowest BCUT2D eigenvalue weighted by Gasteiger charge is -2.51. The molecule has 152 valence electrons. The Hall–Kier alpha value is -1.17. The third-order valence-electron chi connectivity index (χ3n) is 8.47. The molecule has 7 atom stereocenters. The van der Waals surface area contributed by atoms with E-state index in [1.807, 2.05) is 0 Å². The molecule has 28 heavy (non-hydrogen) atoms. The monoisotopic (exact) mass is 386 g/mol. The van der Waals surface area contributed by atoms with Crippen LogP contribution in [-0.2, 0) is 23.7 Å². The number of cyclic esters (lactones) is 1. The van der Waals surface area contributed by atoms with Crippen LogP contribution in [0.4, 0.5) is 0 Å². The maximum Gasteiger partial charge on any atom is 0.334 e. The maximum atomic E-state index is 12.1. The molecule has 0 amide bonds. The van der Waals surface area contributed by atoms with Crippen molar-refractivity contribution in [2.45, 2.75) is 89.5 Å². The molecule has 6 aliphatic rings. The molecule has 5 heteroatoms. The quantitative estimate of drug-likeness (QED) is 0.423. The van der Waals surface area contributed by atoms with Crippen LogP contribution in [-0.4, -0.2) is 48.2 Å². The largest absolute Gasteiger partial charge is 0.458 e. The standard InChI is InChI=1S/C23H30O5/c1-11(2)22-18(27-22)9-16-21(5)7-6-13-14(10-25-19(13)24)15(21)8-17-23(16,28-17)20(22)26-12(3)4/h9,11-12,15,17-18,20H,6-8,10H2,1-5H3. The summed E-state index contributed by atoms with van der Waals surface area (Å²) in [6.07, 6.45) is 5.38. The van der Waals surface area contributed by atoms with Crippen LogP contribution in [0.15, 0.2) is 22.8 Å². The predicted molar refractivity (Wildman–Crippen MR) is 102 cm³/mol. The Labute approximate surface area is 166 Å². The van der Waals surface area contributed by atoms with Crippen molar-refractivity contribution in [2.24, 2.45) is 17.3 Å².